The van der Waals surface area contributed by atoms with Crippen LogP contribution in [-0.2, 0) is 0 Å². The highest BCUT2D eigenvalue weighted by Crippen LogP contribution is 2.19. The van der Waals surface area contributed by atoms with Gasteiger partial charge in [-0.15, -0.1) is 0 Å². The third kappa shape index (κ3) is 5.13. The van der Waals surface area contributed by atoms with Gasteiger partial charge in [0.1, 0.15) is 0 Å². The van der Waals surface area contributed by atoms with Gasteiger partial charge >= 0.3 is 12.6 Å². The van der Waals surface area contributed by atoms with Crippen molar-refractivity contribution in [2.75, 3.05) is 0 Å². The molecule has 0 radical (unpaired) electrons. The van der Waals surface area contributed by atoms with E-state index < -0.39 is 6.61 Å². The molecule has 1 fully saturated rings. The molecule has 5 nitrogen and oxygen atoms in total. The Morgan fingerprint density at radius 1 is 1.36 bits per heavy atom. The third-order valence-corrected chi connectivity index (χ3v) is 3.76. The number of rotatable bonds is 5. The van der Waals surface area contributed by atoms with Crippen LogP contribution >= 0.6 is 0 Å². The lowest BCUT2D eigenvalue weighted by atomic mass is 9.96. The standard InChI is InChI=1S/C15H21F2N3O2/c1-10(11-7-8-18-13(9-11)22-14(16)17)19-15(21)20-12-5-3-2-4-6-12/h7-10,12,14H,2-6H2,1H3,(H2,19,20,21). The monoisotopic (exact) mass is 313 g/mol. The number of ether oxygens (including phenoxy) is 1. The van der Waals surface area contributed by atoms with E-state index in [-0.39, 0.29) is 24.0 Å². The summed E-state index contributed by atoms with van der Waals surface area (Å²) >= 11 is 0. The molecule has 0 spiro atoms. The molecule has 0 aromatic carbocycles. The molecule has 122 valence electrons. The normalized spacial score (nSPS) is 17.1. The number of halogens is 2. The molecule has 2 amide bonds. The van der Waals surface area contributed by atoms with Crippen molar-refractivity contribution in [3.05, 3.63) is 23.9 Å². The molecule has 1 atom stereocenters. The molecule has 1 unspecified atom stereocenters. The average molecular weight is 313 g/mol. The quantitative estimate of drug-likeness (QED) is 0.876. The zero-order chi connectivity index (χ0) is 15.9. The fourth-order valence-corrected chi connectivity index (χ4v) is 2.60. The first kappa shape index (κ1) is 16.5. The predicted octanol–water partition coefficient (Wildman–Crippen LogP) is 3.38. The number of hydrogen-bond donors (Lipinski definition) is 2. The Balaban J connectivity index is 1.87. The Kier molecular flexibility index (Phi) is 5.91. The van der Waals surface area contributed by atoms with Crippen LogP contribution in [-0.4, -0.2) is 23.7 Å². The number of amides is 2. The highest BCUT2D eigenvalue weighted by Gasteiger charge is 2.17. The number of pyridine rings is 1. The first-order valence-corrected chi connectivity index (χ1v) is 7.52. The maximum atomic E-state index is 12.2. The number of aromatic nitrogens is 1. The summed E-state index contributed by atoms with van der Waals surface area (Å²) in [5, 5.41) is 5.75. The average Bonchev–Trinajstić information content (AvgIpc) is 2.47. The van der Waals surface area contributed by atoms with Crippen LogP contribution < -0.4 is 15.4 Å². The number of urea groups is 1. The Labute approximate surface area is 128 Å². The molecular weight excluding hydrogens is 292 g/mol. The summed E-state index contributed by atoms with van der Waals surface area (Å²) in [6, 6.07) is 2.71. The second-order valence-corrected chi connectivity index (χ2v) is 5.48. The van der Waals surface area contributed by atoms with Crippen molar-refractivity contribution >= 4 is 6.03 Å². The van der Waals surface area contributed by atoms with Crippen LogP contribution in [0.2, 0.25) is 0 Å². The van der Waals surface area contributed by atoms with Gasteiger partial charge in [-0.3, -0.25) is 0 Å². The molecule has 0 bridgehead atoms. The SMILES string of the molecule is CC(NC(=O)NC1CCCCC1)c1ccnc(OC(F)F)c1. The highest BCUT2D eigenvalue weighted by molar-refractivity contribution is 5.74. The summed E-state index contributed by atoms with van der Waals surface area (Å²) in [5.41, 5.74) is 0.657. The lowest BCUT2D eigenvalue weighted by Crippen LogP contribution is -2.43. The molecule has 22 heavy (non-hydrogen) atoms. The fraction of sp³-hybridized carbons (Fsp3) is 0.600. The van der Waals surface area contributed by atoms with Crippen LogP contribution in [0.15, 0.2) is 18.3 Å². The predicted molar refractivity (Wildman–Crippen MR) is 77.8 cm³/mol. The Morgan fingerprint density at radius 2 is 2.09 bits per heavy atom. The lowest BCUT2D eigenvalue weighted by Gasteiger charge is -2.24. The van der Waals surface area contributed by atoms with Crippen LogP contribution in [0.4, 0.5) is 13.6 Å². The minimum Gasteiger partial charge on any atom is -0.417 e. The van der Waals surface area contributed by atoms with Crippen molar-refractivity contribution in [1.29, 1.82) is 0 Å². The van der Waals surface area contributed by atoms with Crippen LogP contribution in [0.1, 0.15) is 50.6 Å². The van der Waals surface area contributed by atoms with Gasteiger partial charge in [-0.2, -0.15) is 8.78 Å². The molecule has 0 aliphatic heterocycles. The summed E-state index contributed by atoms with van der Waals surface area (Å²) < 4.78 is 28.6. The minimum absolute atomic E-state index is 0.158. The van der Waals surface area contributed by atoms with Gasteiger partial charge in [0.2, 0.25) is 5.88 Å². The van der Waals surface area contributed by atoms with Gasteiger partial charge in [0.15, 0.2) is 0 Å². The minimum atomic E-state index is -2.92. The van der Waals surface area contributed by atoms with Gasteiger partial charge in [0.05, 0.1) is 6.04 Å². The number of alkyl halides is 2. The van der Waals surface area contributed by atoms with Crippen LogP contribution in [0, 0.1) is 0 Å². The van der Waals surface area contributed by atoms with Gasteiger partial charge in [0, 0.05) is 18.3 Å². The molecule has 1 heterocycles. The maximum Gasteiger partial charge on any atom is 0.388 e. The second-order valence-electron chi connectivity index (χ2n) is 5.48. The molecule has 1 aliphatic carbocycles. The summed E-state index contributed by atoms with van der Waals surface area (Å²) in [7, 11) is 0. The molecule has 1 aliphatic rings. The summed E-state index contributed by atoms with van der Waals surface area (Å²) in [6.45, 7) is -1.14. The maximum absolute atomic E-state index is 12.2. The number of carbonyl (C=O) groups excluding carboxylic acids is 1. The molecule has 1 aromatic rings. The van der Waals surface area contributed by atoms with Gasteiger partial charge in [-0.1, -0.05) is 19.3 Å². The van der Waals surface area contributed by atoms with E-state index in [4.69, 9.17) is 0 Å². The summed E-state index contributed by atoms with van der Waals surface area (Å²) in [5.74, 6) is -0.158. The molecule has 1 aromatic heterocycles. The number of nitrogens with zero attached hydrogens (tertiary/aromatic N) is 1. The van der Waals surface area contributed by atoms with Gasteiger partial charge in [-0.05, 0) is 31.4 Å². The van der Waals surface area contributed by atoms with Crippen molar-refractivity contribution in [1.82, 2.24) is 15.6 Å². The van der Waals surface area contributed by atoms with Gasteiger partial charge < -0.3 is 15.4 Å². The Hall–Kier alpha value is -1.92. The first-order valence-electron chi connectivity index (χ1n) is 7.52. The zero-order valence-electron chi connectivity index (χ0n) is 12.5. The van der Waals surface area contributed by atoms with Crippen molar-refractivity contribution < 1.29 is 18.3 Å². The first-order chi connectivity index (χ1) is 10.5. The van der Waals surface area contributed by atoms with E-state index in [1.54, 1.807) is 13.0 Å². The van der Waals surface area contributed by atoms with E-state index in [0.29, 0.717) is 5.56 Å². The summed E-state index contributed by atoms with van der Waals surface area (Å²) in [4.78, 5) is 15.7. The van der Waals surface area contributed by atoms with Gasteiger partial charge in [0.25, 0.3) is 0 Å². The number of carbonyl (C=O) groups is 1. The van der Waals surface area contributed by atoms with E-state index in [1.807, 2.05) is 0 Å². The third-order valence-electron chi connectivity index (χ3n) is 3.76. The molecule has 7 heteroatoms. The molecule has 0 saturated heterocycles. The van der Waals surface area contributed by atoms with E-state index in [2.05, 4.69) is 20.4 Å². The van der Waals surface area contributed by atoms with Crippen molar-refractivity contribution in [2.24, 2.45) is 0 Å². The second kappa shape index (κ2) is 7.91. The Bertz CT molecular complexity index is 493. The van der Waals surface area contributed by atoms with E-state index >= 15 is 0 Å². The van der Waals surface area contributed by atoms with E-state index in [1.165, 1.54) is 18.7 Å². The van der Waals surface area contributed by atoms with Crippen LogP contribution in [0.5, 0.6) is 5.88 Å². The van der Waals surface area contributed by atoms with Crippen LogP contribution in [0.3, 0.4) is 0 Å². The number of nitrogens with one attached hydrogen (secondary N) is 2. The highest BCUT2D eigenvalue weighted by atomic mass is 19.3. The van der Waals surface area contributed by atoms with Gasteiger partial charge in [-0.25, -0.2) is 9.78 Å². The van der Waals surface area contributed by atoms with Crippen LogP contribution in [0.25, 0.3) is 0 Å². The van der Waals surface area contributed by atoms with E-state index in [0.717, 1.165) is 25.7 Å². The van der Waals surface area contributed by atoms with Crippen molar-refractivity contribution in [2.45, 2.75) is 57.7 Å². The summed E-state index contributed by atoms with van der Waals surface area (Å²) in [6.07, 6.45) is 6.88. The van der Waals surface area contributed by atoms with Crippen molar-refractivity contribution in [3.63, 3.8) is 0 Å². The number of hydrogen-bond acceptors (Lipinski definition) is 3. The Morgan fingerprint density at radius 3 is 2.77 bits per heavy atom. The molecule has 1 saturated carbocycles. The molecule has 2 N–H and O–H groups in total. The van der Waals surface area contributed by atoms with Crippen molar-refractivity contribution in [3.8, 4) is 5.88 Å². The topological polar surface area (TPSA) is 63.2 Å². The smallest absolute Gasteiger partial charge is 0.388 e. The zero-order valence-corrected chi connectivity index (χ0v) is 12.5. The molecule has 2 rings (SSSR count). The largest absolute Gasteiger partial charge is 0.417 e. The lowest BCUT2D eigenvalue weighted by molar-refractivity contribution is -0.0529. The van der Waals surface area contributed by atoms with E-state index in [9.17, 15) is 13.6 Å². The fourth-order valence-electron chi connectivity index (χ4n) is 2.60. The molecular formula is C15H21F2N3O2.